The van der Waals surface area contributed by atoms with Gasteiger partial charge in [0.15, 0.2) is 0 Å². The van der Waals surface area contributed by atoms with E-state index in [4.69, 9.17) is 0 Å². The maximum atomic E-state index is 2.43. The lowest BCUT2D eigenvalue weighted by Crippen LogP contribution is -2.15. The quantitative estimate of drug-likeness (QED) is 0.161. The predicted molar refractivity (Wildman–Crippen MR) is 236 cm³/mol. The van der Waals surface area contributed by atoms with Crippen molar-refractivity contribution < 1.29 is 0 Å². The molecule has 55 heavy (non-hydrogen) atoms. The van der Waals surface area contributed by atoms with Gasteiger partial charge in [-0.1, -0.05) is 190 Å². The maximum absolute atomic E-state index is 2.43. The van der Waals surface area contributed by atoms with Crippen LogP contribution in [0.25, 0.3) is 98.7 Å². The zero-order valence-electron chi connectivity index (χ0n) is 31.0. The van der Waals surface area contributed by atoms with Crippen LogP contribution >= 0.6 is 0 Å². The van der Waals surface area contributed by atoms with Crippen LogP contribution in [0.15, 0.2) is 194 Å². The molecule has 1 aliphatic rings. The van der Waals surface area contributed by atoms with E-state index in [0.717, 1.165) is 0 Å². The van der Waals surface area contributed by atoms with Gasteiger partial charge < -0.3 is 0 Å². The van der Waals surface area contributed by atoms with Crippen LogP contribution in [-0.2, 0) is 5.41 Å². The van der Waals surface area contributed by atoms with Gasteiger partial charge in [0.05, 0.1) is 0 Å². The average Bonchev–Trinajstić information content (AvgIpc) is 3.48. The Morgan fingerprint density at radius 1 is 0.291 bits per heavy atom. The van der Waals surface area contributed by atoms with Crippen molar-refractivity contribution in [2.75, 3.05) is 0 Å². The van der Waals surface area contributed by atoms with Crippen LogP contribution in [-0.4, -0.2) is 0 Å². The van der Waals surface area contributed by atoms with Gasteiger partial charge in [-0.25, -0.2) is 0 Å². The molecule has 0 nitrogen and oxygen atoms in total. The van der Waals surface area contributed by atoms with Crippen LogP contribution < -0.4 is 0 Å². The lowest BCUT2D eigenvalue weighted by molar-refractivity contribution is 0.666. The summed E-state index contributed by atoms with van der Waals surface area (Å²) in [5.74, 6) is 0. The van der Waals surface area contributed by atoms with Crippen LogP contribution in [0, 0.1) is 0 Å². The molecule has 0 bridgehead atoms. The second-order valence-corrected chi connectivity index (χ2v) is 15.6. The molecular formula is C55H38. The van der Waals surface area contributed by atoms with Gasteiger partial charge in [0, 0.05) is 5.41 Å². The third-order valence-electron chi connectivity index (χ3n) is 12.2. The van der Waals surface area contributed by atoms with E-state index in [-0.39, 0.29) is 5.41 Å². The van der Waals surface area contributed by atoms with Gasteiger partial charge in [0.25, 0.3) is 0 Å². The molecular weight excluding hydrogens is 661 g/mol. The summed E-state index contributed by atoms with van der Waals surface area (Å²) in [4.78, 5) is 0. The van der Waals surface area contributed by atoms with Crippen molar-refractivity contribution in [3.05, 3.63) is 205 Å². The van der Waals surface area contributed by atoms with Crippen molar-refractivity contribution in [3.8, 4) is 55.6 Å². The molecule has 258 valence electrons. The average molecular weight is 699 g/mol. The van der Waals surface area contributed by atoms with Crippen molar-refractivity contribution in [3.63, 3.8) is 0 Å². The Balaban J connectivity index is 1.09. The molecule has 0 fully saturated rings. The molecule has 1 aliphatic carbocycles. The summed E-state index contributed by atoms with van der Waals surface area (Å²) in [6.45, 7) is 4.76. The topological polar surface area (TPSA) is 0 Å². The molecule has 0 saturated carbocycles. The molecule has 0 radical (unpaired) electrons. The number of rotatable bonds is 4. The summed E-state index contributed by atoms with van der Waals surface area (Å²) >= 11 is 0. The highest BCUT2D eigenvalue weighted by atomic mass is 14.4. The van der Waals surface area contributed by atoms with E-state index in [0.29, 0.717) is 0 Å². The molecule has 0 unspecified atom stereocenters. The lowest BCUT2D eigenvalue weighted by atomic mass is 9.80. The van der Waals surface area contributed by atoms with Gasteiger partial charge in [-0.05, 0) is 128 Å². The molecule has 0 atom stereocenters. The molecule has 10 aromatic rings. The van der Waals surface area contributed by atoms with Crippen molar-refractivity contribution in [1.82, 2.24) is 0 Å². The summed E-state index contributed by atoms with van der Waals surface area (Å²) in [7, 11) is 0. The van der Waals surface area contributed by atoms with Crippen molar-refractivity contribution >= 4 is 43.1 Å². The first-order valence-corrected chi connectivity index (χ1v) is 19.3. The van der Waals surface area contributed by atoms with Gasteiger partial charge in [0.1, 0.15) is 0 Å². The second-order valence-electron chi connectivity index (χ2n) is 15.6. The summed E-state index contributed by atoms with van der Waals surface area (Å²) in [6.07, 6.45) is 0. The zero-order valence-corrected chi connectivity index (χ0v) is 31.0. The molecule has 0 spiro atoms. The predicted octanol–water partition coefficient (Wildman–Crippen LogP) is 15.3. The Labute approximate surface area is 322 Å². The SMILES string of the molecule is CC1(C)c2ccc(-c3cccc(-c4c5ccccc5c(-c5ccccc5-c5ccc6ccccc6c5)c5ccccc45)c3)cc2-c2ccc3ccccc3c21. The Morgan fingerprint density at radius 3 is 1.58 bits per heavy atom. The molecule has 0 saturated heterocycles. The van der Waals surface area contributed by atoms with E-state index < -0.39 is 0 Å². The fourth-order valence-electron chi connectivity index (χ4n) is 9.69. The van der Waals surface area contributed by atoms with Crippen LogP contribution in [0.5, 0.6) is 0 Å². The molecule has 10 aromatic carbocycles. The third kappa shape index (κ3) is 4.85. The monoisotopic (exact) mass is 698 g/mol. The first-order chi connectivity index (χ1) is 27.0. The number of benzene rings is 10. The minimum absolute atomic E-state index is 0.0710. The van der Waals surface area contributed by atoms with E-state index in [2.05, 4.69) is 208 Å². The van der Waals surface area contributed by atoms with E-state index in [1.165, 1.54) is 110 Å². The van der Waals surface area contributed by atoms with Crippen molar-refractivity contribution in [1.29, 1.82) is 0 Å². The van der Waals surface area contributed by atoms with Crippen molar-refractivity contribution in [2.24, 2.45) is 0 Å². The van der Waals surface area contributed by atoms with Crippen LogP contribution in [0.2, 0.25) is 0 Å². The van der Waals surface area contributed by atoms with E-state index in [1.54, 1.807) is 0 Å². The molecule has 0 amide bonds. The molecule has 0 N–H and O–H groups in total. The fourth-order valence-corrected chi connectivity index (χ4v) is 9.69. The summed E-state index contributed by atoms with van der Waals surface area (Å²) < 4.78 is 0. The molecule has 0 aliphatic heterocycles. The van der Waals surface area contributed by atoms with Gasteiger partial charge in [-0.2, -0.15) is 0 Å². The minimum Gasteiger partial charge on any atom is -0.0616 e. The normalized spacial score (nSPS) is 13.1. The lowest BCUT2D eigenvalue weighted by Gasteiger charge is -2.23. The summed E-state index contributed by atoms with van der Waals surface area (Å²) in [5.41, 5.74) is 15.4. The van der Waals surface area contributed by atoms with Crippen LogP contribution in [0.1, 0.15) is 25.0 Å². The fraction of sp³-hybridized carbons (Fsp3) is 0.0545. The first kappa shape index (κ1) is 31.7. The number of hydrogen-bond acceptors (Lipinski definition) is 0. The highest BCUT2D eigenvalue weighted by Crippen LogP contribution is 2.52. The highest BCUT2D eigenvalue weighted by molar-refractivity contribution is 6.22. The Morgan fingerprint density at radius 2 is 0.836 bits per heavy atom. The Hall–Kier alpha value is -6.76. The van der Waals surface area contributed by atoms with Gasteiger partial charge in [-0.3, -0.25) is 0 Å². The Kier molecular flexibility index (Phi) is 7.00. The minimum atomic E-state index is -0.0710. The Bertz CT molecular complexity index is 3120. The van der Waals surface area contributed by atoms with E-state index >= 15 is 0 Å². The van der Waals surface area contributed by atoms with E-state index in [9.17, 15) is 0 Å². The summed E-state index contributed by atoms with van der Waals surface area (Å²) in [6, 6.07) is 72.2. The number of fused-ring (bicyclic) bond motifs is 8. The maximum Gasteiger partial charge on any atom is 0.0165 e. The summed E-state index contributed by atoms with van der Waals surface area (Å²) in [5, 5.41) is 10.2. The third-order valence-corrected chi connectivity index (χ3v) is 12.2. The highest BCUT2D eigenvalue weighted by Gasteiger charge is 2.37. The number of hydrogen-bond donors (Lipinski definition) is 0. The molecule has 0 heteroatoms. The van der Waals surface area contributed by atoms with Gasteiger partial charge in [-0.15, -0.1) is 0 Å². The largest absolute Gasteiger partial charge is 0.0616 e. The van der Waals surface area contributed by atoms with Gasteiger partial charge in [0.2, 0.25) is 0 Å². The molecule has 0 heterocycles. The van der Waals surface area contributed by atoms with Crippen LogP contribution in [0.4, 0.5) is 0 Å². The second kappa shape index (κ2) is 12.1. The van der Waals surface area contributed by atoms with Gasteiger partial charge >= 0.3 is 0 Å². The zero-order chi connectivity index (χ0) is 36.7. The van der Waals surface area contributed by atoms with Crippen LogP contribution in [0.3, 0.4) is 0 Å². The standard InChI is InChI=1S/C55H38/c1-55(2)51-31-29-39(34-50(51)49-30-28-36-15-5-6-20-43(36)54(49)55)38-17-13-18-41(33-38)52-45-22-9-11-24-47(45)53(48-25-12-10-23-46(48)52)44-21-8-7-19-42(44)40-27-26-35-14-3-4-16-37(35)32-40/h3-34H,1-2H3. The first-order valence-electron chi connectivity index (χ1n) is 19.3. The smallest absolute Gasteiger partial charge is 0.0165 e. The molecule has 0 aromatic heterocycles. The van der Waals surface area contributed by atoms with E-state index in [1.807, 2.05) is 0 Å². The van der Waals surface area contributed by atoms with Crippen molar-refractivity contribution in [2.45, 2.75) is 19.3 Å². The molecule has 11 rings (SSSR count).